The van der Waals surface area contributed by atoms with Crippen LogP contribution in [-0.4, -0.2) is 62.6 Å². The van der Waals surface area contributed by atoms with E-state index in [0.717, 1.165) is 23.8 Å². The Bertz CT molecular complexity index is 780. The third-order valence-electron chi connectivity index (χ3n) is 3.92. The van der Waals surface area contributed by atoms with Crippen molar-refractivity contribution >= 4 is 23.9 Å². The maximum absolute atomic E-state index is 12.6. The molecule has 1 aliphatic carbocycles. The Hall–Kier alpha value is -3.17. The molecule has 1 aliphatic rings. The van der Waals surface area contributed by atoms with Gasteiger partial charge in [-0.15, -0.1) is 0 Å². The van der Waals surface area contributed by atoms with Crippen molar-refractivity contribution in [3.05, 3.63) is 29.8 Å². The number of ether oxygens (including phenoxy) is 3. The molecule has 0 heterocycles. The van der Waals surface area contributed by atoms with E-state index < -0.39 is 25.1 Å². The minimum absolute atomic E-state index is 0.0714. The molecule has 0 atom stereocenters. The van der Waals surface area contributed by atoms with Gasteiger partial charge in [0.25, 0.3) is 5.91 Å². The molecule has 2 amide bonds. The van der Waals surface area contributed by atoms with E-state index >= 15 is 0 Å². The van der Waals surface area contributed by atoms with Crippen molar-refractivity contribution in [2.75, 3.05) is 27.3 Å². The first-order valence-electron chi connectivity index (χ1n) is 8.80. The maximum Gasteiger partial charge on any atom is 0.387 e. The van der Waals surface area contributed by atoms with Crippen molar-refractivity contribution in [3.63, 3.8) is 0 Å². The Morgan fingerprint density at radius 1 is 1.31 bits per heavy atom. The average molecular weight is 412 g/mol. The van der Waals surface area contributed by atoms with Crippen LogP contribution in [-0.2, 0) is 19.1 Å². The SMILES string of the molecule is COc1cccc(/C=C/C(=O)OCC(=O)N(C)CC(=O)NC2CC2)c1OC(F)F. The zero-order chi connectivity index (χ0) is 21.4. The van der Waals surface area contributed by atoms with E-state index in [0.29, 0.717) is 0 Å². The molecule has 0 spiro atoms. The van der Waals surface area contributed by atoms with Crippen molar-refractivity contribution in [1.29, 1.82) is 0 Å². The van der Waals surface area contributed by atoms with Gasteiger partial charge in [0, 0.05) is 24.7 Å². The van der Waals surface area contributed by atoms with Crippen molar-refractivity contribution in [2.24, 2.45) is 0 Å². The summed E-state index contributed by atoms with van der Waals surface area (Å²) in [5, 5.41) is 2.74. The van der Waals surface area contributed by atoms with E-state index in [9.17, 15) is 23.2 Å². The fraction of sp³-hybridized carbons (Fsp3) is 0.421. The summed E-state index contributed by atoms with van der Waals surface area (Å²) < 4.78 is 39.4. The van der Waals surface area contributed by atoms with Gasteiger partial charge in [-0.3, -0.25) is 9.59 Å². The summed E-state index contributed by atoms with van der Waals surface area (Å²) in [4.78, 5) is 36.6. The largest absolute Gasteiger partial charge is 0.493 e. The number of carbonyl (C=O) groups is 3. The number of hydrogen-bond donors (Lipinski definition) is 1. The molecule has 0 aliphatic heterocycles. The summed E-state index contributed by atoms with van der Waals surface area (Å²) in [5.74, 6) is -1.85. The average Bonchev–Trinajstić information content (AvgIpc) is 3.48. The molecule has 1 fully saturated rings. The van der Waals surface area contributed by atoms with Gasteiger partial charge >= 0.3 is 12.6 Å². The number of esters is 1. The van der Waals surface area contributed by atoms with Gasteiger partial charge in [-0.1, -0.05) is 12.1 Å². The van der Waals surface area contributed by atoms with Crippen LogP contribution in [0.1, 0.15) is 18.4 Å². The Morgan fingerprint density at radius 2 is 2.03 bits per heavy atom. The van der Waals surface area contributed by atoms with Gasteiger partial charge in [0.2, 0.25) is 5.91 Å². The number of likely N-dealkylation sites (N-methyl/N-ethyl adjacent to an activating group) is 1. The molecule has 1 aromatic carbocycles. The lowest BCUT2D eigenvalue weighted by Gasteiger charge is -2.16. The normalized spacial score (nSPS) is 13.3. The van der Waals surface area contributed by atoms with Gasteiger partial charge < -0.3 is 24.4 Å². The fourth-order valence-electron chi connectivity index (χ4n) is 2.29. The summed E-state index contributed by atoms with van der Waals surface area (Å²) in [6.45, 7) is -3.77. The van der Waals surface area contributed by atoms with Crippen LogP contribution in [0.3, 0.4) is 0 Å². The Labute approximate surface area is 166 Å². The van der Waals surface area contributed by atoms with Crippen LogP contribution in [0.5, 0.6) is 11.5 Å². The predicted octanol–water partition coefficient (Wildman–Crippen LogP) is 1.59. The highest BCUT2D eigenvalue weighted by Gasteiger charge is 2.24. The quantitative estimate of drug-likeness (QED) is 0.463. The molecule has 2 rings (SSSR count). The summed E-state index contributed by atoms with van der Waals surface area (Å²) in [6, 6.07) is 4.60. The second-order valence-electron chi connectivity index (χ2n) is 6.29. The molecule has 10 heteroatoms. The molecule has 29 heavy (non-hydrogen) atoms. The van der Waals surface area contributed by atoms with E-state index in [-0.39, 0.29) is 35.6 Å². The number of nitrogens with one attached hydrogen (secondary N) is 1. The molecular weight excluding hydrogens is 390 g/mol. The lowest BCUT2D eigenvalue weighted by atomic mass is 10.1. The molecule has 0 unspecified atom stereocenters. The molecule has 0 aromatic heterocycles. The van der Waals surface area contributed by atoms with E-state index in [1.54, 1.807) is 0 Å². The minimum atomic E-state index is -3.07. The molecule has 8 nitrogen and oxygen atoms in total. The third-order valence-corrected chi connectivity index (χ3v) is 3.92. The molecule has 158 valence electrons. The van der Waals surface area contributed by atoms with Crippen LogP contribution >= 0.6 is 0 Å². The number of methoxy groups -OCH3 is 1. The minimum Gasteiger partial charge on any atom is -0.493 e. The van der Waals surface area contributed by atoms with Crippen LogP contribution < -0.4 is 14.8 Å². The summed E-state index contributed by atoms with van der Waals surface area (Å²) in [7, 11) is 2.71. The molecular formula is C19H22F2N2O6. The molecule has 0 radical (unpaired) electrons. The number of alkyl halides is 2. The van der Waals surface area contributed by atoms with E-state index in [1.807, 2.05) is 0 Å². The standard InChI is InChI=1S/C19H22F2N2O6/c1-23(10-15(24)22-13-7-8-13)16(25)11-28-17(26)9-6-12-4-3-5-14(27-2)18(12)29-19(20)21/h3-6,9,13,19H,7-8,10-11H2,1-2H3,(H,22,24)/b9-6+. The summed E-state index contributed by atoms with van der Waals surface area (Å²) >= 11 is 0. The zero-order valence-corrected chi connectivity index (χ0v) is 16.0. The fourth-order valence-corrected chi connectivity index (χ4v) is 2.29. The second-order valence-corrected chi connectivity index (χ2v) is 6.29. The van der Waals surface area contributed by atoms with Crippen LogP contribution in [0.25, 0.3) is 6.08 Å². The number of hydrogen-bond acceptors (Lipinski definition) is 6. The second kappa shape index (κ2) is 10.4. The first kappa shape index (κ1) is 22.1. The van der Waals surface area contributed by atoms with Gasteiger partial charge in [0.15, 0.2) is 18.1 Å². The van der Waals surface area contributed by atoms with Crippen LogP contribution in [0.15, 0.2) is 24.3 Å². The number of nitrogens with zero attached hydrogens (tertiary/aromatic N) is 1. The lowest BCUT2D eigenvalue weighted by molar-refractivity contribution is -0.148. The molecule has 1 saturated carbocycles. The lowest BCUT2D eigenvalue weighted by Crippen LogP contribution is -2.40. The van der Waals surface area contributed by atoms with Crippen LogP contribution in [0.2, 0.25) is 0 Å². The van der Waals surface area contributed by atoms with Gasteiger partial charge in [-0.25, -0.2) is 4.79 Å². The zero-order valence-electron chi connectivity index (χ0n) is 16.0. The van der Waals surface area contributed by atoms with Crippen LogP contribution in [0, 0.1) is 0 Å². The van der Waals surface area contributed by atoms with Gasteiger partial charge in [0.1, 0.15) is 0 Å². The first-order valence-corrected chi connectivity index (χ1v) is 8.80. The molecule has 0 saturated heterocycles. The molecule has 1 N–H and O–H groups in total. The highest BCUT2D eigenvalue weighted by atomic mass is 19.3. The number of carbonyl (C=O) groups excluding carboxylic acids is 3. The maximum atomic E-state index is 12.6. The highest BCUT2D eigenvalue weighted by Crippen LogP contribution is 2.33. The van der Waals surface area contributed by atoms with Crippen LogP contribution in [0.4, 0.5) is 8.78 Å². The summed E-state index contributed by atoms with van der Waals surface area (Å²) in [6.07, 6.45) is 4.05. The van der Waals surface area contributed by atoms with E-state index in [4.69, 9.17) is 9.47 Å². The third kappa shape index (κ3) is 7.40. The molecule has 0 bridgehead atoms. The number of benzene rings is 1. The number of amides is 2. The summed E-state index contributed by atoms with van der Waals surface area (Å²) in [5.41, 5.74) is 0.168. The van der Waals surface area contributed by atoms with Gasteiger partial charge in [0.05, 0.1) is 13.7 Å². The van der Waals surface area contributed by atoms with E-state index in [1.165, 1.54) is 38.4 Å². The van der Waals surface area contributed by atoms with Gasteiger partial charge in [-0.2, -0.15) is 8.78 Å². The smallest absolute Gasteiger partial charge is 0.387 e. The predicted molar refractivity (Wildman–Crippen MR) is 98.4 cm³/mol. The van der Waals surface area contributed by atoms with Crippen molar-refractivity contribution < 1.29 is 37.4 Å². The van der Waals surface area contributed by atoms with Gasteiger partial charge in [-0.05, 0) is 25.0 Å². The highest BCUT2D eigenvalue weighted by molar-refractivity contribution is 5.90. The Morgan fingerprint density at radius 3 is 2.66 bits per heavy atom. The van der Waals surface area contributed by atoms with Crippen molar-refractivity contribution in [2.45, 2.75) is 25.5 Å². The van der Waals surface area contributed by atoms with E-state index in [2.05, 4.69) is 10.1 Å². The van der Waals surface area contributed by atoms with Crippen molar-refractivity contribution in [1.82, 2.24) is 10.2 Å². The first-order chi connectivity index (χ1) is 13.8. The Kier molecular flexibility index (Phi) is 7.93. The Balaban J connectivity index is 1.87. The monoisotopic (exact) mass is 412 g/mol. The number of para-hydroxylation sites is 1. The van der Waals surface area contributed by atoms with Crippen molar-refractivity contribution in [3.8, 4) is 11.5 Å². The topological polar surface area (TPSA) is 94.2 Å². The number of halogens is 2. The number of rotatable bonds is 10. The molecule has 1 aromatic rings.